The second-order valence-electron chi connectivity index (χ2n) is 7.42. The number of halogens is 1. The van der Waals surface area contributed by atoms with Gasteiger partial charge in [-0.2, -0.15) is 0 Å². The van der Waals surface area contributed by atoms with Crippen LogP contribution in [0.25, 0.3) is 6.08 Å². The van der Waals surface area contributed by atoms with E-state index in [9.17, 15) is 4.79 Å². The molecule has 0 bridgehead atoms. The standard InChI is InChI=1S/C24H29ClN2O3/c1-3-30-22-15-18(14-21(25)24(22)29-2)10-11-23(28)26-16-19-8-4-5-9-20(19)17-27-12-6-7-13-27/h4-5,8-11,14-15H,3,6-7,12-13,16-17H2,1-2H3,(H,26,28)/p+1/b11-10+. The lowest BCUT2D eigenvalue weighted by molar-refractivity contribution is -0.901. The van der Waals surface area contributed by atoms with Gasteiger partial charge in [-0.1, -0.05) is 35.9 Å². The second kappa shape index (κ2) is 11.0. The zero-order chi connectivity index (χ0) is 21.3. The van der Waals surface area contributed by atoms with Crippen molar-refractivity contribution >= 4 is 23.6 Å². The number of likely N-dealkylation sites (tertiary alicyclic amines) is 1. The van der Waals surface area contributed by atoms with Crippen LogP contribution in [0.3, 0.4) is 0 Å². The van der Waals surface area contributed by atoms with Gasteiger partial charge in [-0.15, -0.1) is 0 Å². The predicted molar refractivity (Wildman–Crippen MR) is 120 cm³/mol. The first-order valence-corrected chi connectivity index (χ1v) is 10.8. The lowest BCUT2D eigenvalue weighted by atomic mass is 10.1. The van der Waals surface area contributed by atoms with E-state index >= 15 is 0 Å². The molecule has 160 valence electrons. The second-order valence-corrected chi connectivity index (χ2v) is 7.83. The van der Waals surface area contributed by atoms with Crippen molar-refractivity contribution in [2.45, 2.75) is 32.9 Å². The number of carbonyl (C=O) groups is 1. The molecular formula is C24H30ClN2O3+. The van der Waals surface area contributed by atoms with Crippen LogP contribution in [-0.2, 0) is 17.9 Å². The molecule has 1 aliphatic heterocycles. The van der Waals surface area contributed by atoms with Crippen LogP contribution in [0.15, 0.2) is 42.5 Å². The summed E-state index contributed by atoms with van der Waals surface area (Å²) >= 11 is 6.27. The Kier molecular flexibility index (Phi) is 8.17. The van der Waals surface area contributed by atoms with Crippen molar-refractivity contribution in [3.05, 3.63) is 64.2 Å². The molecule has 0 radical (unpaired) electrons. The molecule has 0 unspecified atom stereocenters. The highest BCUT2D eigenvalue weighted by molar-refractivity contribution is 6.32. The number of methoxy groups -OCH3 is 1. The first-order valence-electron chi connectivity index (χ1n) is 10.5. The van der Waals surface area contributed by atoms with Crippen LogP contribution in [0, 0.1) is 0 Å². The molecule has 30 heavy (non-hydrogen) atoms. The molecule has 1 aliphatic rings. The Hall–Kier alpha value is -2.50. The van der Waals surface area contributed by atoms with Crippen LogP contribution in [0.5, 0.6) is 11.5 Å². The Balaban J connectivity index is 1.62. The Labute approximate surface area is 183 Å². The summed E-state index contributed by atoms with van der Waals surface area (Å²) in [6.45, 7) is 6.40. The van der Waals surface area contributed by atoms with E-state index in [1.807, 2.05) is 19.1 Å². The third-order valence-corrected chi connectivity index (χ3v) is 5.57. The molecule has 1 amide bonds. The van der Waals surface area contributed by atoms with Crippen molar-refractivity contribution in [3.63, 3.8) is 0 Å². The fourth-order valence-electron chi connectivity index (χ4n) is 3.78. The molecule has 0 saturated carbocycles. The lowest BCUT2D eigenvalue weighted by Crippen LogP contribution is -3.08. The quantitative estimate of drug-likeness (QED) is 0.601. The monoisotopic (exact) mass is 429 g/mol. The van der Waals surface area contributed by atoms with Crippen molar-refractivity contribution in [1.29, 1.82) is 0 Å². The molecular weight excluding hydrogens is 400 g/mol. The van der Waals surface area contributed by atoms with Crippen molar-refractivity contribution in [1.82, 2.24) is 5.32 Å². The number of quaternary nitrogens is 1. The largest absolute Gasteiger partial charge is 0.491 e. The molecule has 0 aliphatic carbocycles. The van der Waals surface area contributed by atoms with E-state index in [1.165, 1.54) is 43.1 Å². The Bertz CT molecular complexity index is 892. The van der Waals surface area contributed by atoms with Gasteiger partial charge in [0.15, 0.2) is 11.5 Å². The van der Waals surface area contributed by atoms with Gasteiger partial charge in [-0.3, -0.25) is 4.79 Å². The summed E-state index contributed by atoms with van der Waals surface area (Å²) in [7, 11) is 1.55. The minimum absolute atomic E-state index is 0.150. The maximum Gasteiger partial charge on any atom is 0.244 e. The van der Waals surface area contributed by atoms with Gasteiger partial charge in [0.1, 0.15) is 6.54 Å². The highest BCUT2D eigenvalue weighted by Gasteiger charge is 2.17. The third-order valence-electron chi connectivity index (χ3n) is 5.29. The fourth-order valence-corrected chi connectivity index (χ4v) is 4.08. The maximum atomic E-state index is 12.4. The first kappa shape index (κ1) is 22.2. The van der Waals surface area contributed by atoms with Gasteiger partial charge in [0, 0.05) is 31.0 Å². The minimum Gasteiger partial charge on any atom is -0.491 e. The molecule has 1 fully saturated rings. The summed E-state index contributed by atoms with van der Waals surface area (Å²) in [4.78, 5) is 14.0. The molecule has 2 N–H and O–H groups in total. The highest BCUT2D eigenvalue weighted by Crippen LogP contribution is 2.36. The van der Waals surface area contributed by atoms with Crippen molar-refractivity contribution < 1.29 is 19.2 Å². The topological polar surface area (TPSA) is 52.0 Å². The van der Waals surface area contributed by atoms with Crippen LogP contribution in [-0.4, -0.2) is 32.7 Å². The van der Waals surface area contributed by atoms with E-state index in [0.717, 1.165) is 12.1 Å². The Morgan fingerprint density at radius 3 is 2.63 bits per heavy atom. The molecule has 1 heterocycles. The summed E-state index contributed by atoms with van der Waals surface area (Å²) in [5.41, 5.74) is 3.25. The van der Waals surface area contributed by atoms with Gasteiger partial charge in [0.05, 0.1) is 31.8 Å². The van der Waals surface area contributed by atoms with Crippen molar-refractivity contribution in [3.8, 4) is 11.5 Å². The average Bonchev–Trinajstić information content (AvgIpc) is 3.25. The average molecular weight is 430 g/mol. The molecule has 0 spiro atoms. The van der Waals surface area contributed by atoms with E-state index in [1.54, 1.807) is 24.2 Å². The SMILES string of the molecule is CCOc1cc(/C=C/C(=O)NCc2ccccc2C[NH+]2CCCC2)cc(Cl)c1OC. The Morgan fingerprint density at radius 1 is 1.20 bits per heavy atom. The summed E-state index contributed by atoms with van der Waals surface area (Å²) in [5.74, 6) is 0.908. The zero-order valence-corrected chi connectivity index (χ0v) is 18.4. The lowest BCUT2D eigenvalue weighted by Gasteiger charge is -2.15. The van der Waals surface area contributed by atoms with E-state index in [-0.39, 0.29) is 5.91 Å². The molecule has 5 nitrogen and oxygen atoms in total. The van der Waals surface area contributed by atoms with Crippen LogP contribution in [0.4, 0.5) is 0 Å². The van der Waals surface area contributed by atoms with E-state index in [2.05, 4.69) is 23.5 Å². The third kappa shape index (κ3) is 6.00. The first-order chi connectivity index (χ1) is 14.6. The normalized spacial score (nSPS) is 14.2. The number of hydrogen-bond acceptors (Lipinski definition) is 3. The van der Waals surface area contributed by atoms with Gasteiger partial charge in [-0.25, -0.2) is 0 Å². The number of benzene rings is 2. The fraction of sp³-hybridized carbons (Fsp3) is 0.375. The number of amides is 1. The highest BCUT2D eigenvalue weighted by atomic mass is 35.5. The molecule has 0 aromatic heterocycles. The molecule has 0 atom stereocenters. The summed E-state index contributed by atoms with van der Waals surface area (Å²) in [5, 5.41) is 3.43. The molecule has 1 saturated heterocycles. The van der Waals surface area contributed by atoms with Crippen LogP contribution < -0.4 is 19.7 Å². The maximum absolute atomic E-state index is 12.4. The van der Waals surface area contributed by atoms with Gasteiger partial charge in [0.2, 0.25) is 5.91 Å². The smallest absolute Gasteiger partial charge is 0.244 e. The van der Waals surface area contributed by atoms with Gasteiger partial charge >= 0.3 is 0 Å². The van der Waals surface area contributed by atoms with Crippen molar-refractivity contribution in [2.24, 2.45) is 0 Å². The molecule has 6 heteroatoms. The van der Waals surface area contributed by atoms with Gasteiger partial charge in [0.25, 0.3) is 0 Å². The minimum atomic E-state index is -0.150. The zero-order valence-electron chi connectivity index (χ0n) is 17.7. The number of hydrogen-bond donors (Lipinski definition) is 2. The summed E-state index contributed by atoms with van der Waals surface area (Å²) in [6.07, 6.45) is 5.85. The number of rotatable bonds is 9. The van der Waals surface area contributed by atoms with Gasteiger partial charge in [-0.05, 0) is 36.3 Å². The van der Waals surface area contributed by atoms with Crippen LogP contribution >= 0.6 is 11.6 Å². The predicted octanol–water partition coefficient (Wildman–Crippen LogP) is 3.26. The van der Waals surface area contributed by atoms with E-state index in [0.29, 0.717) is 29.7 Å². The molecule has 2 aromatic rings. The molecule has 3 rings (SSSR count). The summed E-state index contributed by atoms with van der Waals surface area (Å²) < 4.78 is 10.9. The number of ether oxygens (including phenoxy) is 2. The van der Waals surface area contributed by atoms with E-state index in [4.69, 9.17) is 21.1 Å². The van der Waals surface area contributed by atoms with E-state index < -0.39 is 0 Å². The number of carbonyl (C=O) groups excluding carboxylic acids is 1. The van der Waals surface area contributed by atoms with Crippen LogP contribution in [0.2, 0.25) is 5.02 Å². The molecule has 2 aromatic carbocycles. The van der Waals surface area contributed by atoms with Gasteiger partial charge < -0.3 is 19.7 Å². The Morgan fingerprint density at radius 2 is 1.93 bits per heavy atom. The number of nitrogens with one attached hydrogen (secondary N) is 2. The van der Waals surface area contributed by atoms with Crippen molar-refractivity contribution in [2.75, 3.05) is 26.8 Å². The summed E-state index contributed by atoms with van der Waals surface area (Å²) in [6, 6.07) is 11.9. The van der Waals surface area contributed by atoms with Crippen LogP contribution in [0.1, 0.15) is 36.5 Å².